The monoisotopic (exact) mass is 394 g/mol. The molecule has 1 aliphatic heterocycles. The second-order valence-corrected chi connectivity index (χ2v) is 9.33. The average molecular weight is 395 g/mol. The van der Waals surface area contributed by atoms with Crippen LogP contribution in [0.15, 0.2) is 23.1 Å². The first-order chi connectivity index (χ1) is 12.7. The van der Waals surface area contributed by atoms with Crippen molar-refractivity contribution in [1.82, 2.24) is 10.2 Å². The van der Waals surface area contributed by atoms with Crippen LogP contribution in [0, 0.1) is 12.8 Å². The first-order valence-electron chi connectivity index (χ1n) is 9.61. The first kappa shape index (κ1) is 21.4. The molecule has 0 radical (unpaired) electrons. The van der Waals surface area contributed by atoms with E-state index in [1.165, 1.54) is 12.1 Å². The van der Waals surface area contributed by atoms with E-state index in [2.05, 4.69) is 12.2 Å². The molecule has 1 aliphatic rings. The minimum atomic E-state index is -3.36. The highest BCUT2D eigenvalue weighted by atomic mass is 32.2. The van der Waals surface area contributed by atoms with Gasteiger partial charge in [0.15, 0.2) is 9.84 Å². The Morgan fingerprint density at radius 1 is 1.19 bits per heavy atom. The second kappa shape index (κ2) is 9.35. The van der Waals surface area contributed by atoms with Crippen LogP contribution in [0.1, 0.15) is 54.9 Å². The van der Waals surface area contributed by atoms with Crippen LogP contribution in [0.3, 0.4) is 0 Å². The smallest absolute Gasteiger partial charge is 0.254 e. The predicted octanol–water partition coefficient (Wildman–Crippen LogP) is 2.56. The summed E-state index contributed by atoms with van der Waals surface area (Å²) in [6, 6.07) is 4.65. The molecule has 1 aromatic rings. The van der Waals surface area contributed by atoms with Crippen molar-refractivity contribution in [3.8, 4) is 0 Å². The number of piperidine rings is 1. The molecular formula is C20H30N2O4S. The van der Waals surface area contributed by atoms with E-state index in [1.807, 2.05) is 0 Å². The molecule has 0 aliphatic carbocycles. The number of hydrogen-bond acceptors (Lipinski definition) is 4. The summed E-state index contributed by atoms with van der Waals surface area (Å²) < 4.78 is 23.5. The largest absolute Gasteiger partial charge is 0.356 e. The van der Waals surface area contributed by atoms with Gasteiger partial charge in [0, 0.05) is 37.4 Å². The van der Waals surface area contributed by atoms with Gasteiger partial charge in [0.2, 0.25) is 5.91 Å². The fourth-order valence-corrected chi connectivity index (χ4v) is 3.96. The quantitative estimate of drug-likeness (QED) is 0.721. The molecule has 1 saturated heterocycles. The van der Waals surface area contributed by atoms with Gasteiger partial charge in [0.25, 0.3) is 5.91 Å². The number of carbonyl (C=O) groups excluding carboxylic acids is 2. The number of nitrogens with one attached hydrogen (secondary N) is 1. The Hall–Kier alpha value is -1.89. The van der Waals surface area contributed by atoms with Crippen LogP contribution in [-0.4, -0.2) is 51.0 Å². The lowest BCUT2D eigenvalue weighted by Crippen LogP contribution is -2.43. The molecule has 0 saturated carbocycles. The number of sulfone groups is 1. The molecular weight excluding hydrogens is 364 g/mol. The molecule has 0 atom stereocenters. The second-order valence-electron chi connectivity index (χ2n) is 7.31. The average Bonchev–Trinajstić information content (AvgIpc) is 2.64. The maximum atomic E-state index is 12.9. The Labute approximate surface area is 162 Å². The van der Waals surface area contributed by atoms with E-state index < -0.39 is 9.84 Å². The number of likely N-dealkylation sites (tertiary alicyclic amines) is 1. The van der Waals surface area contributed by atoms with E-state index in [-0.39, 0.29) is 22.6 Å². The van der Waals surface area contributed by atoms with Crippen LogP contribution in [-0.2, 0) is 14.6 Å². The van der Waals surface area contributed by atoms with E-state index in [1.54, 1.807) is 17.9 Å². The van der Waals surface area contributed by atoms with Crippen molar-refractivity contribution >= 4 is 21.7 Å². The molecule has 2 amide bonds. The molecule has 0 spiro atoms. The molecule has 1 N–H and O–H groups in total. The van der Waals surface area contributed by atoms with Gasteiger partial charge in [-0.15, -0.1) is 0 Å². The molecule has 7 heteroatoms. The minimum Gasteiger partial charge on any atom is -0.356 e. The summed E-state index contributed by atoms with van der Waals surface area (Å²) in [4.78, 5) is 27.0. The lowest BCUT2D eigenvalue weighted by atomic mass is 9.95. The zero-order valence-corrected chi connectivity index (χ0v) is 17.3. The third-order valence-corrected chi connectivity index (χ3v) is 6.21. The highest BCUT2D eigenvalue weighted by molar-refractivity contribution is 7.90. The number of amides is 2. The van der Waals surface area contributed by atoms with Gasteiger partial charge in [-0.25, -0.2) is 8.42 Å². The summed E-state index contributed by atoms with van der Waals surface area (Å²) in [5, 5.41) is 2.99. The van der Waals surface area contributed by atoms with Gasteiger partial charge in [0.1, 0.15) is 0 Å². The Kier molecular flexibility index (Phi) is 7.41. The maximum Gasteiger partial charge on any atom is 0.254 e. The standard InChI is InChI=1S/C20H30N2O4S/c1-4-5-6-11-21-19(23)16-9-12-22(13-10-16)20(24)18-14-17(27(3,25)26)8-7-15(18)2/h7-8,14,16H,4-6,9-13H2,1-3H3,(H,21,23). The van der Waals surface area contributed by atoms with Gasteiger partial charge in [-0.2, -0.15) is 0 Å². The van der Waals surface area contributed by atoms with E-state index in [9.17, 15) is 18.0 Å². The Balaban J connectivity index is 1.96. The van der Waals surface area contributed by atoms with Gasteiger partial charge < -0.3 is 10.2 Å². The lowest BCUT2D eigenvalue weighted by molar-refractivity contribution is -0.126. The summed E-state index contributed by atoms with van der Waals surface area (Å²) in [5.41, 5.74) is 1.17. The Morgan fingerprint density at radius 3 is 2.44 bits per heavy atom. The maximum absolute atomic E-state index is 12.9. The molecule has 1 heterocycles. The molecule has 1 fully saturated rings. The summed E-state index contributed by atoms with van der Waals surface area (Å²) in [7, 11) is -3.36. The summed E-state index contributed by atoms with van der Waals surface area (Å²) >= 11 is 0. The molecule has 1 aromatic carbocycles. The number of benzene rings is 1. The van der Waals surface area contributed by atoms with Crippen molar-refractivity contribution in [3.63, 3.8) is 0 Å². The van der Waals surface area contributed by atoms with Gasteiger partial charge in [0.05, 0.1) is 4.90 Å². The zero-order valence-electron chi connectivity index (χ0n) is 16.5. The van der Waals surface area contributed by atoms with Crippen molar-refractivity contribution in [2.75, 3.05) is 25.9 Å². The molecule has 27 heavy (non-hydrogen) atoms. The first-order valence-corrected chi connectivity index (χ1v) is 11.5. The Bertz CT molecular complexity index is 781. The van der Waals surface area contributed by atoms with Crippen molar-refractivity contribution in [3.05, 3.63) is 29.3 Å². The number of hydrogen-bond donors (Lipinski definition) is 1. The van der Waals surface area contributed by atoms with Crippen molar-refractivity contribution in [2.45, 2.75) is 50.8 Å². The van der Waals surface area contributed by atoms with Crippen molar-refractivity contribution in [1.29, 1.82) is 0 Å². The normalized spacial score (nSPS) is 15.6. The molecule has 150 valence electrons. The number of unbranched alkanes of at least 4 members (excludes halogenated alkanes) is 2. The van der Waals surface area contributed by atoms with E-state index >= 15 is 0 Å². The van der Waals surface area contributed by atoms with Crippen molar-refractivity contribution in [2.24, 2.45) is 5.92 Å². The molecule has 0 unspecified atom stereocenters. The number of carbonyl (C=O) groups is 2. The third-order valence-electron chi connectivity index (χ3n) is 5.10. The topological polar surface area (TPSA) is 83.6 Å². The molecule has 0 aromatic heterocycles. The highest BCUT2D eigenvalue weighted by Crippen LogP contribution is 2.22. The van der Waals surface area contributed by atoms with E-state index in [4.69, 9.17) is 0 Å². The van der Waals surface area contributed by atoms with E-state index in [0.717, 1.165) is 31.1 Å². The summed E-state index contributed by atoms with van der Waals surface area (Å²) in [6.45, 7) is 5.66. The third kappa shape index (κ3) is 5.79. The van der Waals surface area contributed by atoms with Crippen LogP contribution < -0.4 is 5.32 Å². The number of aryl methyl sites for hydroxylation is 1. The molecule has 6 nitrogen and oxygen atoms in total. The van der Waals surface area contributed by atoms with Gasteiger partial charge in [-0.3, -0.25) is 9.59 Å². The molecule has 2 rings (SSSR count). The molecule has 0 bridgehead atoms. The van der Waals surface area contributed by atoms with Gasteiger partial charge in [-0.1, -0.05) is 25.8 Å². The summed E-state index contributed by atoms with van der Waals surface area (Å²) in [5.74, 6) is -0.146. The Morgan fingerprint density at radius 2 is 1.85 bits per heavy atom. The van der Waals surface area contributed by atoms with Crippen LogP contribution in [0.25, 0.3) is 0 Å². The lowest BCUT2D eigenvalue weighted by Gasteiger charge is -2.31. The van der Waals surface area contributed by atoms with Gasteiger partial charge in [-0.05, 0) is 43.9 Å². The number of nitrogens with zero attached hydrogens (tertiary/aromatic N) is 1. The van der Waals surface area contributed by atoms with Gasteiger partial charge >= 0.3 is 0 Å². The zero-order chi connectivity index (χ0) is 20.0. The fraction of sp³-hybridized carbons (Fsp3) is 0.600. The highest BCUT2D eigenvalue weighted by Gasteiger charge is 2.28. The minimum absolute atomic E-state index is 0.0564. The number of rotatable bonds is 7. The van der Waals surface area contributed by atoms with Crippen LogP contribution >= 0.6 is 0 Å². The van der Waals surface area contributed by atoms with Crippen molar-refractivity contribution < 1.29 is 18.0 Å². The predicted molar refractivity (Wildman–Crippen MR) is 105 cm³/mol. The SMILES string of the molecule is CCCCCNC(=O)C1CCN(C(=O)c2cc(S(C)(=O)=O)ccc2C)CC1. The van der Waals surface area contributed by atoms with Crippen LogP contribution in [0.4, 0.5) is 0 Å². The summed E-state index contributed by atoms with van der Waals surface area (Å²) in [6.07, 6.45) is 5.63. The van der Waals surface area contributed by atoms with E-state index in [0.29, 0.717) is 38.0 Å². The van der Waals surface area contributed by atoms with Crippen LogP contribution in [0.5, 0.6) is 0 Å². The fourth-order valence-electron chi connectivity index (χ4n) is 3.31. The van der Waals surface area contributed by atoms with Crippen LogP contribution in [0.2, 0.25) is 0 Å².